The Labute approximate surface area is 115 Å². The van der Waals surface area contributed by atoms with Crippen molar-refractivity contribution in [2.75, 3.05) is 17.7 Å². The van der Waals surface area contributed by atoms with Crippen molar-refractivity contribution in [3.8, 4) is 0 Å². The standard InChI is InChI=1S/C15H15N3O2/c1-16-11-4-2-3-10(7-11)9-17-12-5-6-13-14(8-12)20-15(19)18-13/h2-8,16-17H,9H2,1H3,(H,18,19). The van der Waals surface area contributed by atoms with Crippen LogP contribution in [0.5, 0.6) is 0 Å². The summed E-state index contributed by atoms with van der Waals surface area (Å²) in [5, 5.41) is 6.42. The molecule has 2 aromatic carbocycles. The van der Waals surface area contributed by atoms with Gasteiger partial charge in [-0.2, -0.15) is 0 Å². The minimum absolute atomic E-state index is 0.432. The van der Waals surface area contributed by atoms with Crippen molar-refractivity contribution in [1.29, 1.82) is 0 Å². The van der Waals surface area contributed by atoms with Gasteiger partial charge in [-0.25, -0.2) is 4.79 Å². The number of benzene rings is 2. The van der Waals surface area contributed by atoms with E-state index in [0.717, 1.165) is 11.4 Å². The summed E-state index contributed by atoms with van der Waals surface area (Å²) in [5.74, 6) is -0.432. The highest BCUT2D eigenvalue weighted by atomic mass is 16.4. The number of rotatable bonds is 4. The Morgan fingerprint density at radius 2 is 2.05 bits per heavy atom. The molecule has 1 heterocycles. The van der Waals surface area contributed by atoms with Crippen molar-refractivity contribution in [2.24, 2.45) is 0 Å². The van der Waals surface area contributed by atoms with Gasteiger partial charge in [-0.3, -0.25) is 4.98 Å². The molecule has 1 aromatic heterocycles. The minimum atomic E-state index is -0.432. The van der Waals surface area contributed by atoms with Crippen LogP contribution in [-0.4, -0.2) is 12.0 Å². The van der Waals surface area contributed by atoms with E-state index in [9.17, 15) is 4.79 Å². The van der Waals surface area contributed by atoms with E-state index in [0.29, 0.717) is 17.6 Å². The molecule has 20 heavy (non-hydrogen) atoms. The fourth-order valence-corrected chi connectivity index (χ4v) is 2.10. The SMILES string of the molecule is CNc1cccc(CNc2ccc3[nH]c(=O)oc3c2)c1. The van der Waals surface area contributed by atoms with Gasteiger partial charge in [-0.15, -0.1) is 0 Å². The van der Waals surface area contributed by atoms with Crippen LogP contribution >= 0.6 is 0 Å². The summed E-state index contributed by atoms with van der Waals surface area (Å²) >= 11 is 0. The topological polar surface area (TPSA) is 70.1 Å². The highest BCUT2D eigenvalue weighted by Gasteiger charge is 2.02. The van der Waals surface area contributed by atoms with Gasteiger partial charge in [0, 0.05) is 31.0 Å². The third-order valence-corrected chi connectivity index (χ3v) is 3.13. The molecule has 0 saturated heterocycles. The molecule has 102 valence electrons. The number of anilines is 2. The van der Waals surface area contributed by atoms with Gasteiger partial charge < -0.3 is 15.1 Å². The van der Waals surface area contributed by atoms with Crippen LogP contribution < -0.4 is 16.4 Å². The van der Waals surface area contributed by atoms with E-state index in [2.05, 4.69) is 27.8 Å². The molecule has 0 radical (unpaired) electrons. The van der Waals surface area contributed by atoms with Gasteiger partial charge >= 0.3 is 5.76 Å². The van der Waals surface area contributed by atoms with Gasteiger partial charge in [0.1, 0.15) is 0 Å². The van der Waals surface area contributed by atoms with E-state index in [-0.39, 0.29) is 0 Å². The zero-order valence-corrected chi connectivity index (χ0v) is 11.1. The molecule has 5 heteroatoms. The Balaban J connectivity index is 1.77. The second kappa shape index (κ2) is 5.13. The first-order valence-corrected chi connectivity index (χ1v) is 6.38. The molecule has 0 saturated carbocycles. The highest BCUT2D eigenvalue weighted by molar-refractivity contribution is 5.76. The van der Waals surface area contributed by atoms with E-state index in [1.807, 2.05) is 37.4 Å². The maximum Gasteiger partial charge on any atom is 0.417 e. The summed E-state index contributed by atoms with van der Waals surface area (Å²) in [4.78, 5) is 13.7. The third kappa shape index (κ3) is 2.51. The quantitative estimate of drug-likeness (QED) is 0.681. The zero-order valence-electron chi connectivity index (χ0n) is 11.1. The van der Waals surface area contributed by atoms with Gasteiger partial charge in [0.25, 0.3) is 0 Å². The molecule has 3 rings (SSSR count). The first-order valence-electron chi connectivity index (χ1n) is 6.38. The highest BCUT2D eigenvalue weighted by Crippen LogP contribution is 2.17. The largest absolute Gasteiger partial charge is 0.417 e. The smallest absolute Gasteiger partial charge is 0.408 e. The Morgan fingerprint density at radius 3 is 2.90 bits per heavy atom. The molecule has 0 spiro atoms. The van der Waals surface area contributed by atoms with Gasteiger partial charge in [0.15, 0.2) is 5.58 Å². The number of oxazole rings is 1. The molecular weight excluding hydrogens is 254 g/mol. The Kier molecular flexibility index (Phi) is 3.16. The summed E-state index contributed by atoms with van der Waals surface area (Å²) in [5.41, 5.74) is 4.43. The molecule has 0 bridgehead atoms. The summed E-state index contributed by atoms with van der Waals surface area (Å²) in [6.07, 6.45) is 0. The van der Waals surface area contributed by atoms with E-state index < -0.39 is 5.76 Å². The molecule has 0 unspecified atom stereocenters. The lowest BCUT2D eigenvalue weighted by molar-refractivity contribution is 0.555. The summed E-state index contributed by atoms with van der Waals surface area (Å²) in [7, 11) is 1.90. The van der Waals surface area contributed by atoms with Crippen molar-refractivity contribution < 1.29 is 4.42 Å². The number of aromatic amines is 1. The van der Waals surface area contributed by atoms with Gasteiger partial charge in [0.2, 0.25) is 0 Å². The predicted octanol–water partition coefficient (Wildman–Crippen LogP) is 2.77. The van der Waals surface area contributed by atoms with Crippen molar-refractivity contribution in [3.05, 3.63) is 58.6 Å². The minimum Gasteiger partial charge on any atom is -0.408 e. The summed E-state index contributed by atoms with van der Waals surface area (Å²) in [6, 6.07) is 13.7. The average molecular weight is 269 g/mol. The molecule has 0 aliphatic carbocycles. The van der Waals surface area contributed by atoms with Gasteiger partial charge in [0.05, 0.1) is 5.52 Å². The third-order valence-electron chi connectivity index (χ3n) is 3.13. The lowest BCUT2D eigenvalue weighted by atomic mass is 10.2. The normalized spacial score (nSPS) is 10.7. The monoisotopic (exact) mass is 269 g/mol. The zero-order chi connectivity index (χ0) is 13.9. The van der Waals surface area contributed by atoms with Gasteiger partial charge in [-0.05, 0) is 29.8 Å². The second-order valence-electron chi connectivity index (χ2n) is 4.53. The van der Waals surface area contributed by atoms with E-state index in [1.54, 1.807) is 0 Å². The maximum atomic E-state index is 11.1. The van der Waals surface area contributed by atoms with Crippen LogP contribution in [0, 0.1) is 0 Å². The first kappa shape index (κ1) is 12.3. The van der Waals surface area contributed by atoms with Crippen LogP contribution in [0.25, 0.3) is 11.1 Å². The van der Waals surface area contributed by atoms with Crippen molar-refractivity contribution in [3.63, 3.8) is 0 Å². The van der Waals surface area contributed by atoms with Crippen LogP contribution in [0.3, 0.4) is 0 Å². The van der Waals surface area contributed by atoms with Gasteiger partial charge in [-0.1, -0.05) is 12.1 Å². The fourth-order valence-electron chi connectivity index (χ4n) is 2.10. The molecule has 0 aliphatic rings. The second-order valence-corrected chi connectivity index (χ2v) is 4.53. The summed E-state index contributed by atoms with van der Waals surface area (Å²) < 4.78 is 5.04. The molecule has 0 fully saturated rings. The molecule has 5 nitrogen and oxygen atoms in total. The van der Waals surface area contributed by atoms with Crippen LogP contribution in [-0.2, 0) is 6.54 Å². The molecule has 3 N–H and O–H groups in total. The van der Waals surface area contributed by atoms with Crippen LogP contribution in [0.4, 0.5) is 11.4 Å². The molecule has 0 amide bonds. The van der Waals surface area contributed by atoms with E-state index >= 15 is 0 Å². The Hall–Kier alpha value is -2.69. The number of hydrogen-bond acceptors (Lipinski definition) is 4. The number of H-pyrrole nitrogens is 1. The number of nitrogens with one attached hydrogen (secondary N) is 3. The molecule has 3 aromatic rings. The van der Waals surface area contributed by atoms with Crippen molar-refractivity contribution >= 4 is 22.5 Å². The Bertz CT molecular complexity index is 789. The van der Waals surface area contributed by atoms with E-state index in [1.165, 1.54) is 5.56 Å². The average Bonchev–Trinajstić information content (AvgIpc) is 2.84. The molecule has 0 aliphatic heterocycles. The van der Waals surface area contributed by atoms with Crippen molar-refractivity contribution in [2.45, 2.75) is 6.54 Å². The lowest BCUT2D eigenvalue weighted by Gasteiger charge is -2.08. The number of aromatic nitrogens is 1. The predicted molar refractivity (Wildman–Crippen MR) is 80.2 cm³/mol. The number of hydrogen-bond donors (Lipinski definition) is 3. The summed E-state index contributed by atoms with van der Waals surface area (Å²) in [6.45, 7) is 0.704. The number of fused-ring (bicyclic) bond motifs is 1. The lowest BCUT2D eigenvalue weighted by Crippen LogP contribution is -2.00. The van der Waals surface area contributed by atoms with Crippen LogP contribution in [0.15, 0.2) is 51.7 Å². The van der Waals surface area contributed by atoms with E-state index in [4.69, 9.17) is 4.42 Å². The van der Waals surface area contributed by atoms with Crippen molar-refractivity contribution in [1.82, 2.24) is 4.98 Å². The maximum absolute atomic E-state index is 11.1. The van der Waals surface area contributed by atoms with Crippen LogP contribution in [0.1, 0.15) is 5.56 Å². The molecular formula is C15H15N3O2. The Morgan fingerprint density at radius 1 is 1.15 bits per heavy atom. The fraction of sp³-hybridized carbons (Fsp3) is 0.133. The molecule has 0 atom stereocenters. The van der Waals surface area contributed by atoms with Crippen LogP contribution in [0.2, 0.25) is 0 Å². The first-order chi connectivity index (χ1) is 9.74.